The number of amides is 1. The first-order valence-corrected chi connectivity index (χ1v) is 9.18. The van der Waals surface area contributed by atoms with E-state index in [-0.39, 0.29) is 11.6 Å². The predicted molar refractivity (Wildman–Crippen MR) is 106 cm³/mol. The topological polar surface area (TPSA) is 84.0 Å². The number of hydrogen-bond donors (Lipinski definition) is 0. The van der Waals surface area contributed by atoms with Gasteiger partial charge in [0.1, 0.15) is 11.3 Å². The van der Waals surface area contributed by atoms with E-state index in [9.17, 15) is 14.9 Å². The Labute approximate surface area is 162 Å². The molecule has 0 spiro atoms. The number of aromatic nitrogens is 2. The lowest BCUT2D eigenvalue weighted by atomic mass is 10.2. The summed E-state index contributed by atoms with van der Waals surface area (Å²) in [6.45, 7) is 6.40. The lowest BCUT2D eigenvalue weighted by molar-refractivity contribution is -0.384. The van der Waals surface area contributed by atoms with Gasteiger partial charge in [0.25, 0.3) is 11.6 Å². The number of aryl methyl sites for hydroxylation is 2. The first-order valence-electron chi connectivity index (χ1n) is 9.18. The number of hydrogen-bond acceptors (Lipinski definition) is 5. The molecule has 2 aromatic heterocycles. The third kappa shape index (κ3) is 3.17. The van der Waals surface area contributed by atoms with Crippen molar-refractivity contribution < 1.29 is 9.72 Å². The number of pyridine rings is 1. The van der Waals surface area contributed by atoms with E-state index < -0.39 is 4.92 Å². The zero-order chi connectivity index (χ0) is 19.8. The van der Waals surface area contributed by atoms with Gasteiger partial charge in [0.05, 0.1) is 10.6 Å². The van der Waals surface area contributed by atoms with E-state index in [4.69, 9.17) is 0 Å². The Balaban J connectivity index is 1.49. The molecule has 28 heavy (non-hydrogen) atoms. The molecule has 3 aromatic rings. The number of nitro benzene ring substituents is 1. The van der Waals surface area contributed by atoms with Crippen molar-refractivity contribution in [1.82, 2.24) is 14.3 Å². The van der Waals surface area contributed by atoms with Gasteiger partial charge in [0.2, 0.25) is 0 Å². The van der Waals surface area contributed by atoms with Gasteiger partial charge in [-0.3, -0.25) is 19.3 Å². The van der Waals surface area contributed by atoms with E-state index in [0.717, 1.165) is 22.6 Å². The monoisotopic (exact) mass is 379 g/mol. The summed E-state index contributed by atoms with van der Waals surface area (Å²) in [7, 11) is 0. The molecule has 0 saturated carbocycles. The Bertz CT molecular complexity index is 1050. The summed E-state index contributed by atoms with van der Waals surface area (Å²) in [5.41, 5.74) is 4.20. The maximum Gasteiger partial charge on any atom is 0.272 e. The Morgan fingerprint density at radius 2 is 1.71 bits per heavy atom. The van der Waals surface area contributed by atoms with Gasteiger partial charge in [-0.15, -0.1) is 0 Å². The normalized spacial score (nSPS) is 14.5. The Kier molecular flexibility index (Phi) is 4.46. The van der Waals surface area contributed by atoms with Crippen molar-refractivity contribution >= 4 is 22.9 Å². The van der Waals surface area contributed by atoms with Gasteiger partial charge < -0.3 is 9.80 Å². The number of carbonyl (C=O) groups excluding carboxylic acids is 1. The van der Waals surface area contributed by atoms with Crippen LogP contribution in [0.3, 0.4) is 0 Å². The van der Waals surface area contributed by atoms with Crippen LogP contribution in [0, 0.1) is 24.0 Å². The minimum atomic E-state index is -0.402. The van der Waals surface area contributed by atoms with Crippen LogP contribution in [0.4, 0.5) is 11.4 Å². The van der Waals surface area contributed by atoms with Crippen LogP contribution in [-0.4, -0.2) is 51.3 Å². The van der Waals surface area contributed by atoms with Crippen LogP contribution in [0.1, 0.15) is 21.7 Å². The summed E-state index contributed by atoms with van der Waals surface area (Å²) in [4.78, 5) is 32.0. The minimum Gasteiger partial charge on any atom is -0.368 e. The Hall–Kier alpha value is -3.42. The number of non-ortho nitro benzene ring substituents is 1. The van der Waals surface area contributed by atoms with Gasteiger partial charge in [-0.1, -0.05) is 6.07 Å². The van der Waals surface area contributed by atoms with Crippen molar-refractivity contribution in [3.8, 4) is 0 Å². The molecule has 0 N–H and O–H groups in total. The zero-order valence-electron chi connectivity index (χ0n) is 15.8. The van der Waals surface area contributed by atoms with E-state index in [1.165, 1.54) is 12.1 Å². The van der Waals surface area contributed by atoms with Crippen LogP contribution in [0.5, 0.6) is 0 Å². The van der Waals surface area contributed by atoms with Crippen molar-refractivity contribution in [2.75, 3.05) is 31.1 Å². The maximum atomic E-state index is 13.1. The highest BCUT2D eigenvalue weighted by Gasteiger charge is 2.26. The number of piperazine rings is 1. The number of rotatable bonds is 3. The molecule has 8 heteroatoms. The molecule has 1 saturated heterocycles. The van der Waals surface area contributed by atoms with Crippen LogP contribution in [0.15, 0.2) is 42.6 Å². The molecule has 0 radical (unpaired) electrons. The SMILES string of the molecule is Cc1ccc2nc(C)c(C(=O)N3CCN(c4ccc([N+](=O)[O-])cc4)CC3)n2c1. The van der Waals surface area contributed by atoms with Crippen molar-refractivity contribution in [3.63, 3.8) is 0 Å². The lowest BCUT2D eigenvalue weighted by Crippen LogP contribution is -2.49. The van der Waals surface area contributed by atoms with Gasteiger partial charge >= 0.3 is 0 Å². The molecule has 1 fully saturated rings. The van der Waals surface area contributed by atoms with Gasteiger partial charge in [-0.05, 0) is 37.6 Å². The first kappa shape index (κ1) is 18.0. The number of nitrogens with zero attached hydrogens (tertiary/aromatic N) is 5. The van der Waals surface area contributed by atoms with Crippen molar-refractivity contribution in [3.05, 3.63) is 69.7 Å². The summed E-state index contributed by atoms with van der Waals surface area (Å²) < 4.78 is 1.87. The number of imidazole rings is 1. The molecular weight excluding hydrogens is 358 g/mol. The van der Waals surface area contributed by atoms with E-state index in [0.29, 0.717) is 31.9 Å². The summed E-state index contributed by atoms with van der Waals surface area (Å²) in [6, 6.07) is 10.4. The fourth-order valence-corrected chi connectivity index (χ4v) is 3.63. The molecule has 0 atom stereocenters. The Morgan fingerprint density at radius 1 is 1.04 bits per heavy atom. The molecule has 1 aromatic carbocycles. The highest BCUT2D eigenvalue weighted by molar-refractivity contribution is 5.95. The largest absolute Gasteiger partial charge is 0.368 e. The minimum absolute atomic E-state index is 0.0149. The number of fused-ring (bicyclic) bond motifs is 1. The Morgan fingerprint density at radius 3 is 2.36 bits per heavy atom. The van der Waals surface area contributed by atoms with Crippen LogP contribution in [0.2, 0.25) is 0 Å². The number of benzene rings is 1. The van der Waals surface area contributed by atoms with Crippen LogP contribution >= 0.6 is 0 Å². The van der Waals surface area contributed by atoms with E-state index >= 15 is 0 Å². The van der Waals surface area contributed by atoms with Gasteiger partial charge in [0, 0.05) is 50.2 Å². The third-order valence-electron chi connectivity index (χ3n) is 5.14. The standard InChI is InChI=1S/C20H21N5O3/c1-14-3-8-18-21-15(2)19(24(18)13-14)20(26)23-11-9-22(10-12-23)16-4-6-17(7-5-16)25(27)28/h3-8,13H,9-12H2,1-2H3. The summed E-state index contributed by atoms with van der Waals surface area (Å²) in [5, 5.41) is 10.8. The first-order chi connectivity index (χ1) is 13.4. The number of carbonyl (C=O) groups is 1. The molecule has 1 aliphatic heterocycles. The quantitative estimate of drug-likeness (QED) is 0.516. The smallest absolute Gasteiger partial charge is 0.272 e. The molecule has 1 aliphatic rings. The summed E-state index contributed by atoms with van der Waals surface area (Å²) >= 11 is 0. The van der Waals surface area contributed by atoms with Crippen molar-refractivity contribution in [2.24, 2.45) is 0 Å². The number of anilines is 1. The second-order valence-corrected chi connectivity index (χ2v) is 7.03. The van der Waals surface area contributed by atoms with E-state index in [1.54, 1.807) is 12.1 Å². The average molecular weight is 379 g/mol. The molecule has 0 aliphatic carbocycles. The molecule has 144 valence electrons. The summed E-state index contributed by atoms with van der Waals surface area (Å²) in [6.07, 6.45) is 1.94. The van der Waals surface area contributed by atoms with Crippen molar-refractivity contribution in [2.45, 2.75) is 13.8 Å². The highest BCUT2D eigenvalue weighted by atomic mass is 16.6. The van der Waals surface area contributed by atoms with Crippen molar-refractivity contribution in [1.29, 1.82) is 0 Å². The summed E-state index contributed by atoms with van der Waals surface area (Å²) in [5.74, 6) is -0.0149. The molecular formula is C20H21N5O3. The molecule has 4 rings (SSSR count). The van der Waals surface area contributed by atoms with Gasteiger partial charge in [-0.25, -0.2) is 4.98 Å². The van der Waals surface area contributed by atoms with E-state index in [1.807, 2.05) is 41.5 Å². The molecule has 0 bridgehead atoms. The van der Waals surface area contributed by atoms with Gasteiger partial charge in [-0.2, -0.15) is 0 Å². The highest BCUT2D eigenvalue weighted by Crippen LogP contribution is 2.22. The fourth-order valence-electron chi connectivity index (χ4n) is 3.63. The molecule has 8 nitrogen and oxygen atoms in total. The van der Waals surface area contributed by atoms with Crippen LogP contribution < -0.4 is 4.90 Å². The maximum absolute atomic E-state index is 13.1. The van der Waals surface area contributed by atoms with Crippen LogP contribution in [0.25, 0.3) is 5.65 Å². The second-order valence-electron chi connectivity index (χ2n) is 7.03. The average Bonchev–Trinajstić information content (AvgIpc) is 3.02. The number of nitro groups is 1. The molecule has 1 amide bonds. The molecule has 0 unspecified atom stereocenters. The zero-order valence-corrected chi connectivity index (χ0v) is 15.8. The predicted octanol–water partition coefficient (Wildman–Crippen LogP) is 2.82. The van der Waals surface area contributed by atoms with E-state index in [2.05, 4.69) is 9.88 Å². The van der Waals surface area contributed by atoms with Crippen LogP contribution in [-0.2, 0) is 0 Å². The third-order valence-corrected chi connectivity index (χ3v) is 5.14. The lowest BCUT2D eigenvalue weighted by Gasteiger charge is -2.36. The second kappa shape index (κ2) is 6.95. The molecule has 3 heterocycles. The van der Waals surface area contributed by atoms with Gasteiger partial charge in [0.15, 0.2) is 0 Å². The fraction of sp³-hybridized carbons (Fsp3) is 0.300.